The van der Waals surface area contributed by atoms with E-state index in [1.54, 1.807) is 0 Å². The highest BCUT2D eigenvalue weighted by molar-refractivity contribution is 5.78. The van der Waals surface area contributed by atoms with Crippen LogP contribution in [-0.2, 0) is 9.53 Å². The zero-order valence-corrected chi connectivity index (χ0v) is 11.2. The molecule has 3 unspecified atom stereocenters. The van der Waals surface area contributed by atoms with Crippen molar-refractivity contribution in [2.24, 2.45) is 17.6 Å². The molecule has 18 heavy (non-hydrogen) atoms. The molecular formula is C14H26N2O2. The lowest BCUT2D eigenvalue weighted by molar-refractivity contribution is -0.127. The molecule has 0 bridgehead atoms. The Hall–Kier alpha value is -0.610. The van der Waals surface area contributed by atoms with Crippen molar-refractivity contribution in [2.75, 3.05) is 19.7 Å². The van der Waals surface area contributed by atoms with E-state index in [0.717, 1.165) is 45.3 Å². The Morgan fingerprint density at radius 1 is 1.22 bits per heavy atom. The van der Waals surface area contributed by atoms with E-state index in [0.29, 0.717) is 12.5 Å². The second-order valence-corrected chi connectivity index (χ2v) is 5.70. The van der Waals surface area contributed by atoms with Crippen LogP contribution in [0.1, 0.15) is 44.9 Å². The molecule has 1 heterocycles. The van der Waals surface area contributed by atoms with E-state index >= 15 is 0 Å². The Kier molecular flexibility index (Phi) is 5.45. The van der Waals surface area contributed by atoms with E-state index in [-0.39, 0.29) is 17.9 Å². The van der Waals surface area contributed by atoms with E-state index in [1.165, 1.54) is 12.8 Å². The van der Waals surface area contributed by atoms with Crippen LogP contribution in [0.25, 0.3) is 0 Å². The van der Waals surface area contributed by atoms with Gasteiger partial charge in [0.2, 0.25) is 5.91 Å². The van der Waals surface area contributed by atoms with Gasteiger partial charge >= 0.3 is 0 Å². The summed E-state index contributed by atoms with van der Waals surface area (Å²) in [6.07, 6.45) is 8.01. The van der Waals surface area contributed by atoms with Gasteiger partial charge in [-0.2, -0.15) is 0 Å². The highest BCUT2D eigenvalue weighted by Crippen LogP contribution is 2.28. The van der Waals surface area contributed by atoms with Gasteiger partial charge in [0.05, 0.1) is 6.10 Å². The van der Waals surface area contributed by atoms with Gasteiger partial charge in [0.15, 0.2) is 0 Å². The molecule has 1 amide bonds. The first-order valence-electron chi connectivity index (χ1n) is 7.39. The average Bonchev–Trinajstić information content (AvgIpc) is 2.46. The van der Waals surface area contributed by atoms with Crippen LogP contribution in [-0.4, -0.2) is 31.7 Å². The van der Waals surface area contributed by atoms with Crippen molar-refractivity contribution in [2.45, 2.75) is 51.0 Å². The van der Waals surface area contributed by atoms with E-state index in [9.17, 15) is 4.79 Å². The SMILES string of the molecule is NCC1CCCC(C(=O)NCC2CCCCO2)C1. The van der Waals surface area contributed by atoms with Crippen molar-refractivity contribution in [3.63, 3.8) is 0 Å². The van der Waals surface area contributed by atoms with Gasteiger partial charge in [-0.05, 0) is 51.0 Å². The Morgan fingerprint density at radius 3 is 2.83 bits per heavy atom. The van der Waals surface area contributed by atoms with Gasteiger partial charge in [-0.3, -0.25) is 4.79 Å². The molecule has 1 aliphatic carbocycles. The molecule has 4 nitrogen and oxygen atoms in total. The summed E-state index contributed by atoms with van der Waals surface area (Å²) in [5.74, 6) is 0.929. The van der Waals surface area contributed by atoms with E-state index in [4.69, 9.17) is 10.5 Å². The number of carbonyl (C=O) groups is 1. The number of rotatable bonds is 4. The fourth-order valence-corrected chi connectivity index (χ4v) is 3.07. The van der Waals surface area contributed by atoms with Crippen LogP contribution in [0.5, 0.6) is 0 Å². The van der Waals surface area contributed by atoms with Crippen molar-refractivity contribution in [3.8, 4) is 0 Å². The van der Waals surface area contributed by atoms with Crippen LogP contribution in [0.2, 0.25) is 0 Å². The first kappa shape index (κ1) is 13.8. The third kappa shape index (κ3) is 3.95. The number of nitrogens with two attached hydrogens (primary N) is 1. The topological polar surface area (TPSA) is 64.4 Å². The third-order valence-electron chi connectivity index (χ3n) is 4.26. The minimum Gasteiger partial charge on any atom is -0.376 e. The summed E-state index contributed by atoms with van der Waals surface area (Å²) in [6.45, 7) is 2.25. The number of hydrogen-bond acceptors (Lipinski definition) is 3. The monoisotopic (exact) mass is 254 g/mol. The molecule has 3 N–H and O–H groups in total. The van der Waals surface area contributed by atoms with Crippen molar-refractivity contribution in [3.05, 3.63) is 0 Å². The standard InChI is InChI=1S/C14H26N2O2/c15-9-11-4-3-5-12(8-11)14(17)16-10-13-6-1-2-7-18-13/h11-13H,1-10,15H2,(H,16,17). The molecular weight excluding hydrogens is 228 g/mol. The zero-order valence-electron chi connectivity index (χ0n) is 11.2. The van der Waals surface area contributed by atoms with Gasteiger partial charge in [0.1, 0.15) is 0 Å². The molecule has 4 heteroatoms. The number of ether oxygens (including phenoxy) is 1. The molecule has 3 atom stereocenters. The van der Waals surface area contributed by atoms with E-state index in [1.807, 2.05) is 0 Å². The molecule has 2 rings (SSSR count). The molecule has 2 fully saturated rings. The average molecular weight is 254 g/mol. The zero-order chi connectivity index (χ0) is 12.8. The predicted molar refractivity (Wildman–Crippen MR) is 71.1 cm³/mol. The number of carbonyl (C=O) groups excluding carboxylic acids is 1. The summed E-state index contributed by atoms with van der Waals surface area (Å²) in [5, 5.41) is 3.06. The molecule has 1 aliphatic heterocycles. The van der Waals surface area contributed by atoms with Gasteiger partial charge < -0.3 is 15.8 Å². The molecule has 0 aromatic rings. The highest BCUT2D eigenvalue weighted by Gasteiger charge is 2.27. The number of nitrogens with one attached hydrogen (secondary N) is 1. The van der Waals surface area contributed by atoms with Crippen molar-refractivity contribution in [1.82, 2.24) is 5.32 Å². The summed E-state index contributed by atoms with van der Waals surface area (Å²) in [6, 6.07) is 0. The van der Waals surface area contributed by atoms with Crippen LogP contribution >= 0.6 is 0 Å². The Balaban J connectivity index is 1.70. The molecule has 2 aliphatic rings. The maximum atomic E-state index is 12.1. The Morgan fingerprint density at radius 2 is 2.11 bits per heavy atom. The molecule has 1 saturated carbocycles. The maximum absolute atomic E-state index is 12.1. The van der Waals surface area contributed by atoms with E-state index in [2.05, 4.69) is 5.32 Å². The van der Waals surface area contributed by atoms with Crippen LogP contribution in [0, 0.1) is 11.8 Å². The minimum atomic E-state index is 0.177. The van der Waals surface area contributed by atoms with Crippen molar-refractivity contribution in [1.29, 1.82) is 0 Å². The van der Waals surface area contributed by atoms with Crippen molar-refractivity contribution < 1.29 is 9.53 Å². The van der Waals surface area contributed by atoms with Gasteiger partial charge in [-0.1, -0.05) is 6.42 Å². The summed E-state index contributed by atoms with van der Waals surface area (Å²) in [4.78, 5) is 12.1. The molecule has 104 valence electrons. The van der Waals surface area contributed by atoms with E-state index < -0.39 is 0 Å². The van der Waals surface area contributed by atoms with Crippen LogP contribution in [0.15, 0.2) is 0 Å². The fourth-order valence-electron chi connectivity index (χ4n) is 3.07. The summed E-state index contributed by atoms with van der Waals surface area (Å²) < 4.78 is 5.62. The normalized spacial score (nSPS) is 33.1. The molecule has 0 spiro atoms. The maximum Gasteiger partial charge on any atom is 0.223 e. The lowest BCUT2D eigenvalue weighted by Gasteiger charge is -2.28. The smallest absolute Gasteiger partial charge is 0.223 e. The van der Waals surface area contributed by atoms with Crippen LogP contribution < -0.4 is 11.1 Å². The van der Waals surface area contributed by atoms with Crippen molar-refractivity contribution >= 4 is 5.91 Å². The Labute approximate surface area is 110 Å². The fraction of sp³-hybridized carbons (Fsp3) is 0.929. The van der Waals surface area contributed by atoms with Crippen LogP contribution in [0.3, 0.4) is 0 Å². The molecule has 0 radical (unpaired) electrons. The summed E-state index contributed by atoms with van der Waals surface area (Å²) in [7, 11) is 0. The quantitative estimate of drug-likeness (QED) is 0.798. The van der Waals surface area contributed by atoms with Gasteiger partial charge in [-0.25, -0.2) is 0 Å². The Bertz CT molecular complexity index is 265. The minimum absolute atomic E-state index is 0.177. The number of hydrogen-bond donors (Lipinski definition) is 2. The van der Waals surface area contributed by atoms with Crippen LogP contribution in [0.4, 0.5) is 0 Å². The second-order valence-electron chi connectivity index (χ2n) is 5.70. The molecule has 0 aromatic heterocycles. The second kappa shape index (κ2) is 7.10. The summed E-state index contributed by atoms with van der Waals surface area (Å²) >= 11 is 0. The first-order valence-corrected chi connectivity index (χ1v) is 7.39. The molecule has 1 saturated heterocycles. The summed E-state index contributed by atoms with van der Waals surface area (Å²) in [5.41, 5.74) is 5.70. The predicted octanol–water partition coefficient (Wildman–Crippen LogP) is 1.44. The van der Waals surface area contributed by atoms with Gasteiger partial charge in [0, 0.05) is 19.1 Å². The molecule has 0 aromatic carbocycles. The van der Waals surface area contributed by atoms with Gasteiger partial charge in [0.25, 0.3) is 0 Å². The lowest BCUT2D eigenvalue weighted by atomic mass is 9.81. The van der Waals surface area contributed by atoms with Gasteiger partial charge in [-0.15, -0.1) is 0 Å². The highest BCUT2D eigenvalue weighted by atomic mass is 16.5. The largest absolute Gasteiger partial charge is 0.376 e. The number of amides is 1. The first-order chi connectivity index (χ1) is 8.79. The lowest BCUT2D eigenvalue weighted by Crippen LogP contribution is -2.40. The third-order valence-corrected chi connectivity index (χ3v) is 4.26.